The van der Waals surface area contributed by atoms with Crippen LogP contribution in [0.15, 0.2) is 60.9 Å². The minimum atomic E-state index is -0.618. The third kappa shape index (κ3) is 4.45. The quantitative estimate of drug-likeness (QED) is 0.691. The van der Waals surface area contributed by atoms with Gasteiger partial charge in [0.05, 0.1) is 21.8 Å². The second-order valence-corrected chi connectivity index (χ2v) is 5.89. The molecular formula is C19H12ClF2N3O2. The highest BCUT2D eigenvalue weighted by Gasteiger charge is 2.14. The lowest BCUT2D eigenvalue weighted by molar-refractivity contribution is 0.102. The molecule has 0 bridgehead atoms. The highest BCUT2D eigenvalue weighted by molar-refractivity contribution is 6.31. The van der Waals surface area contributed by atoms with Crippen LogP contribution in [0.3, 0.4) is 0 Å². The van der Waals surface area contributed by atoms with E-state index in [4.69, 9.17) is 11.6 Å². The number of nitrogens with one attached hydrogen (secondary N) is 2. The number of aromatic nitrogens is 1. The predicted molar refractivity (Wildman–Crippen MR) is 98.0 cm³/mol. The van der Waals surface area contributed by atoms with Gasteiger partial charge in [0.1, 0.15) is 11.6 Å². The van der Waals surface area contributed by atoms with Gasteiger partial charge in [0.2, 0.25) is 0 Å². The van der Waals surface area contributed by atoms with Crippen LogP contribution in [0, 0.1) is 11.6 Å². The van der Waals surface area contributed by atoms with E-state index >= 15 is 0 Å². The number of halogens is 3. The number of nitrogens with zero attached hydrogens (tertiary/aromatic N) is 1. The van der Waals surface area contributed by atoms with Crippen LogP contribution < -0.4 is 10.6 Å². The lowest BCUT2D eigenvalue weighted by Crippen LogP contribution is -2.16. The Morgan fingerprint density at radius 2 is 1.52 bits per heavy atom. The molecule has 136 valence electrons. The van der Waals surface area contributed by atoms with Crippen LogP contribution in [-0.4, -0.2) is 16.8 Å². The molecule has 1 aromatic heterocycles. The van der Waals surface area contributed by atoms with Crippen molar-refractivity contribution in [2.24, 2.45) is 0 Å². The molecule has 0 aliphatic heterocycles. The van der Waals surface area contributed by atoms with E-state index in [1.807, 2.05) is 0 Å². The molecule has 1 heterocycles. The average molecular weight is 388 g/mol. The number of amides is 2. The Morgan fingerprint density at radius 1 is 0.852 bits per heavy atom. The van der Waals surface area contributed by atoms with Crippen LogP contribution in [0.4, 0.5) is 20.2 Å². The fourth-order valence-corrected chi connectivity index (χ4v) is 2.40. The molecule has 0 radical (unpaired) electrons. The molecule has 0 saturated heterocycles. The van der Waals surface area contributed by atoms with Crippen molar-refractivity contribution in [1.82, 2.24) is 4.98 Å². The summed E-state index contributed by atoms with van der Waals surface area (Å²) in [6, 6.07) is 10.7. The standard InChI is InChI=1S/C19H12ClF2N3O2/c20-14-8-13(5-6-15(14)21)24-18(26)11-7-12(10-23-9-11)19(27)25-17-4-2-1-3-16(17)22/h1-10H,(H,24,26)(H,25,27). The van der Waals surface area contributed by atoms with Crippen LogP contribution >= 0.6 is 11.6 Å². The molecule has 0 saturated carbocycles. The van der Waals surface area contributed by atoms with Gasteiger partial charge in [0, 0.05) is 18.1 Å². The van der Waals surface area contributed by atoms with E-state index in [2.05, 4.69) is 15.6 Å². The normalized spacial score (nSPS) is 10.3. The molecule has 5 nitrogen and oxygen atoms in total. The number of para-hydroxylation sites is 1. The summed E-state index contributed by atoms with van der Waals surface area (Å²) in [7, 11) is 0. The SMILES string of the molecule is O=C(Nc1ccc(F)c(Cl)c1)c1cncc(C(=O)Nc2ccccc2F)c1. The molecule has 2 N–H and O–H groups in total. The van der Waals surface area contributed by atoms with Gasteiger partial charge in [-0.15, -0.1) is 0 Å². The highest BCUT2D eigenvalue weighted by Crippen LogP contribution is 2.20. The zero-order valence-electron chi connectivity index (χ0n) is 13.7. The summed E-state index contributed by atoms with van der Waals surface area (Å²) in [4.78, 5) is 28.5. The Hall–Kier alpha value is -3.32. The van der Waals surface area contributed by atoms with Gasteiger partial charge in [0.25, 0.3) is 11.8 Å². The number of hydrogen-bond donors (Lipinski definition) is 2. The molecule has 0 aliphatic carbocycles. The summed E-state index contributed by atoms with van der Waals surface area (Å²) in [5, 5.41) is 4.81. The van der Waals surface area contributed by atoms with Gasteiger partial charge in [-0.2, -0.15) is 0 Å². The molecular weight excluding hydrogens is 376 g/mol. The van der Waals surface area contributed by atoms with Crippen LogP contribution in [0.1, 0.15) is 20.7 Å². The predicted octanol–water partition coefficient (Wildman–Crippen LogP) is 4.52. The maximum absolute atomic E-state index is 13.6. The summed E-state index contributed by atoms with van der Waals surface area (Å²) >= 11 is 5.68. The summed E-state index contributed by atoms with van der Waals surface area (Å²) in [5.74, 6) is -2.37. The lowest BCUT2D eigenvalue weighted by atomic mass is 10.1. The van der Waals surface area contributed by atoms with Crippen LogP contribution in [0.5, 0.6) is 0 Å². The number of benzene rings is 2. The molecule has 0 atom stereocenters. The molecule has 8 heteroatoms. The van der Waals surface area contributed by atoms with Crippen molar-refractivity contribution in [2.45, 2.75) is 0 Å². The average Bonchev–Trinajstić information content (AvgIpc) is 2.66. The summed E-state index contributed by atoms with van der Waals surface area (Å²) in [5.41, 5.74) is 0.464. The Balaban J connectivity index is 1.76. The topological polar surface area (TPSA) is 71.1 Å². The van der Waals surface area contributed by atoms with Crippen molar-refractivity contribution in [1.29, 1.82) is 0 Å². The molecule has 0 fully saturated rings. The van der Waals surface area contributed by atoms with Crippen LogP contribution in [0.2, 0.25) is 5.02 Å². The number of anilines is 2. The molecule has 2 amide bonds. The van der Waals surface area contributed by atoms with Gasteiger partial charge >= 0.3 is 0 Å². The van der Waals surface area contributed by atoms with Crippen molar-refractivity contribution in [2.75, 3.05) is 10.6 Å². The minimum Gasteiger partial charge on any atom is -0.322 e. The van der Waals surface area contributed by atoms with E-state index in [-0.39, 0.29) is 27.5 Å². The Kier molecular flexibility index (Phi) is 5.42. The Labute approximate surface area is 158 Å². The third-order valence-corrected chi connectivity index (χ3v) is 3.85. The fraction of sp³-hybridized carbons (Fsp3) is 0. The summed E-state index contributed by atoms with van der Waals surface area (Å²) < 4.78 is 26.8. The van der Waals surface area contributed by atoms with Gasteiger partial charge in [0.15, 0.2) is 0 Å². The molecule has 3 rings (SSSR count). The molecule has 27 heavy (non-hydrogen) atoms. The minimum absolute atomic E-state index is 0.0123. The lowest BCUT2D eigenvalue weighted by Gasteiger charge is -2.08. The van der Waals surface area contributed by atoms with Gasteiger partial charge in [-0.1, -0.05) is 23.7 Å². The van der Waals surface area contributed by atoms with E-state index in [9.17, 15) is 18.4 Å². The Bertz CT molecular complexity index is 1030. The van der Waals surface area contributed by atoms with Crippen molar-refractivity contribution in [3.05, 3.63) is 88.7 Å². The van der Waals surface area contributed by atoms with Gasteiger partial charge < -0.3 is 10.6 Å². The van der Waals surface area contributed by atoms with E-state index in [1.54, 1.807) is 6.07 Å². The Morgan fingerprint density at radius 3 is 2.19 bits per heavy atom. The molecule has 0 aliphatic rings. The van der Waals surface area contributed by atoms with Gasteiger partial charge in [-0.05, 0) is 36.4 Å². The third-order valence-electron chi connectivity index (χ3n) is 3.56. The number of carbonyl (C=O) groups excluding carboxylic acids is 2. The van der Waals surface area contributed by atoms with E-state index in [0.29, 0.717) is 0 Å². The van der Waals surface area contributed by atoms with Gasteiger partial charge in [-0.3, -0.25) is 14.6 Å². The number of hydrogen-bond acceptors (Lipinski definition) is 3. The van der Waals surface area contributed by atoms with Gasteiger partial charge in [-0.25, -0.2) is 8.78 Å². The molecule has 2 aromatic carbocycles. The monoisotopic (exact) mass is 387 g/mol. The smallest absolute Gasteiger partial charge is 0.257 e. The maximum Gasteiger partial charge on any atom is 0.257 e. The highest BCUT2D eigenvalue weighted by atomic mass is 35.5. The van der Waals surface area contributed by atoms with Crippen molar-refractivity contribution >= 4 is 34.8 Å². The van der Waals surface area contributed by atoms with Crippen molar-refractivity contribution in [3.8, 4) is 0 Å². The van der Waals surface area contributed by atoms with E-state index in [1.165, 1.54) is 48.8 Å². The first-order chi connectivity index (χ1) is 12.9. The van der Waals surface area contributed by atoms with Crippen LogP contribution in [0.25, 0.3) is 0 Å². The summed E-state index contributed by atoms with van der Waals surface area (Å²) in [6.07, 6.45) is 2.52. The molecule has 3 aromatic rings. The number of rotatable bonds is 4. The van der Waals surface area contributed by atoms with E-state index < -0.39 is 23.4 Å². The fourth-order valence-electron chi connectivity index (χ4n) is 2.22. The van der Waals surface area contributed by atoms with E-state index in [0.717, 1.165) is 6.07 Å². The summed E-state index contributed by atoms with van der Waals surface area (Å²) in [6.45, 7) is 0. The van der Waals surface area contributed by atoms with Crippen molar-refractivity contribution in [3.63, 3.8) is 0 Å². The maximum atomic E-state index is 13.6. The molecule has 0 spiro atoms. The first-order valence-corrected chi connectivity index (χ1v) is 8.09. The number of pyridine rings is 1. The van der Waals surface area contributed by atoms with Crippen LogP contribution in [-0.2, 0) is 0 Å². The zero-order valence-corrected chi connectivity index (χ0v) is 14.4. The zero-order chi connectivity index (χ0) is 19.4. The first-order valence-electron chi connectivity index (χ1n) is 7.71. The second kappa shape index (κ2) is 7.92. The van der Waals surface area contributed by atoms with Crippen molar-refractivity contribution < 1.29 is 18.4 Å². The second-order valence-electron chi connectivity index (χ2n) is 5.48. The molecule has 0 unspecified atom stereocenters. The number of carbonyl (C=O) groups is 2. The largest absolute Gasteiger partial charge is 0.322 e. The first kappa shape index (κ1) is 18.5.